The summed E-state index contributed by atoms with van der Waals surface area (Å²) in [5.74, 6) is 0.865. The van der Waals surface area contributed by atoms with Gasteiger partial charge in [0.1, 0.15) is 5.82 Å². The van der Waals surface area contributed by atoms with Crippen LogP contribution in [0.1, 0.15) is 30.9 Å². The minimum Gasteiger partial charge on any atom is -0.338 e. The predicted octanol–water partition coefficient (Wildman–Crippen LogP) is 5.01. The van der Waals surface area contributed by atoms with Gasteiger partial charge in [0.15, 0.2) is 0 Å². The van der Waals surface area contributed by atoms with E-state index in [2.05, 4.69) is 34.3 Å². The summed E-state index contributed by atoms with van der Waals surface area (Å²) < 4.78 is 0. The molecule has 3 rings (SSSR count). The van der Waals surface area contributed by atoms with Gasteiger partial charge in [-0.3, -0.25) is 4.79 Å². The molecular formula is C19H22ClN3O. The molecule has 1 heterocycles. The second kappa shape index (κ2) is 7.49. The molecule has 24 heavy (non-hydrogen) atoms. The van der Waals surface area contributed by atoms with Gasteiger partial charge < -0.3 is 10.3 Å². The molecule has 3 aromatic rings. The van der Waals surface area contributed by atoms with Gasteiger partial charge in [-0.05, 0) is 49.6 Å². The van der Waals surface area contributed by atoms with E-state index in [1.165, 1.54) is 5.56 Å². The Morgan fingerprint density at radius 1 is 1.17 bits per heavy atom. The molecule has 0 bridgehead atoms. The Morgan fingerprint density at radius 3 is 2.71 bits per heavy atom. The van der Waals surface area contributed by atoms with E-state index in [0.29, 0.717) is 6.42 Å². The lowest BCUT2D eigenvalue weighted by Crippen LogP contribution is -2.11. The van der Waals surface area contributed by atoms with Crippen LogP contribution in [0.15, 0.2) is 36.4 Å². The number of carbonyl (C=O) groups excluding carboxylic acids is 1. The first-order valence-corrected chi connectivity index (χ1v) is 7.94. The smallest absolute Gasteiger partial charge is 0.224 e. The SMILES string of the molecule is CCCC(=O)Nc1cc(-c2nc3ccc(C)cc3[nH]2)ccc1C.Cl. The molecule has 0 aliphatic rings. The second-order valence-corrected chi connectivity index (χ2v) is 5.93. The van der Waals surface area contributed by atoms with E-state index >= 15 is 0 Å². The Balaban J connectivity index is 0.00000208. The molecule has 0 atom stereocenters. The normalized spacial score (nSPS) is 10.5. The summed E-state index contributed by atoms with van der Waals surface area (Å²) in [5.41, 5.74) is 6.03. The lowest BCUT2D eigenvalue weighted by molar-refractivity contribution is -0.116. The molecule has 0 unspecified atom stereocenters. The molecule has 0 aliphatic carbocycles. The van der Waals surface area contributed by atoms with E-state index in [9.17, 15) is 4.79 Å². The number of rotatable bonds is 4. The molecule has 0 saturated carbocycles. The van der Waals surface area contributed by atoms with Crippen LogP contribution in [-0.4, -0.2) is 15.9 Å². The van der Waals surface area contributed by atoms with E-state index in [1.807, 2.05) is 38.1 Å². The van der Waals surface area contributed by atoms with E-state index in [0.717, 1.165) is 40.1 Å². The highest BCUT2D eigenvalue weighted by molar-refractivity contribution is 5.92. The van der Waals surface area contributed by atoms with Crippen LogP contribution in [0.25, 0.3) is 22.4 Å². The first-order valence-electron chi connectivity index (χ1n) is 7.94. The van der Waals surface area contributed by atoms with Crippen LogP contribution < -0.4 is 5.32 Å². The highest BCUT2D eigenvalue weighted by atomic mass is 35.5. The number of imidazole rings is 1. The Labute approximate surface area is 148 Å². The fourth-order valence-electron chi connectivity index (χ4n) is 2.60. The van der Waals surface area contributed by atoms with Crippen molar-refractivity contribution in [2.24, 2.45) is 0 Å². The van der Waals surface area contributed by atoms with Gasteiger partial charge in [-0.15, -0.1) is 12.4 Å². The number of H-pyrrole nitrogens is 1. The lowest BCUT2D eigenvalue weighted by atomic mass is 10.1. The van der Waals surface area contributed by atoms with Crippen LogP contribution in [0, 0.1) is 13.8 Å². The Hall–Kier alpha value is -2.33. The molecule has 0 spiro atoms. The third kappa shape index (κ3) is 3.77. The third-order valence-electron chi connectivity index (χ3n) is 3.90. The quantitative estimate of drug-likeness (QED) is 0.699. The van der Waals surface area contributed by atoms with Crippen LogP contribution in [0.2, 0.25) is 0 Å². The largest absolute Gasteiger partial charge is 0.338 e. The molecule has 0 aliphatic heterocycles. The van der Waals surface area contributed by atoms with E-state index in [1.54, 1.807) is 0 Å². The van der Waals surface area contributed by atoms with Crippen molar-refractivity contribution in [2.45, 2.75) is 33.6 Å². The van der Waals surface area contributed by atoms with E-state index in [4.69, 9.17) is 0 Å². The van der Waals surface area contributed by atoms with Crippen molar-refractivity contribution >= 4 is 35.0 Å². The number of aryl methyl sites for hydroxylation is 2. The molecule has 4 nitrogen and oxygen atoms in total. The third-order valence-corrected chi connectivity index (χ3v) is 3.90. The summed E-state index contributed by atoms with van der Waals surface area (Å²) in [6.07, 6.45) is 1.38. The van der Waals surface area contributed by atoms with Crippen LogP contribution in [0.5, 0.6) is 0 Å². The average Bonchev–Trinajstić information content (AvgIpc) is 2.92. The number of hydrogen-bond acceptors (Lipinski definition) is 2. The van der Waals surface area contributed by atoms with Crippen molar-refractivity contribution < 1.29 is 4.79 Å². The van der Waals surface area contributed by atoms with Crippen molar-refractivity contribution in [3.63, 3.8) is 0 Å². The number of fused-ring (bicyclic) bond motifs is 1. The molecule has 126 valence electrons. The summed E-state index contributed by atoms with van der Waals surface area (Å²) in [4.78, 5) is 19.9. The summed E-state index contributed by atoms with van der Waals surface area (Å²) >= 11 is 0. The van der Waals surface area contributed by atoms with Crippen LogP contribution in [0.3, 0.4) is 0 Å². The highest BCUT2D eigenvalue weighted by Gasteiger charge is 2.09. The number of hydrogen-bond donors (Lipinski definition) is 2. The summed E-state index contributed by atoms with van der Waals surface area (Å²) in [6.45, 7) is 6.06. The second-order valence-electron chi connectivity index (χ2n) is 5.93. The molecule has 1 aromatic heterocycles. The van der Waals surface area contributed by atoms with Crippen LogP contribution in [0.4, 0.5) is 5.69 Å². The molecule has 0 fully saturated rings. The summed E-state index contributed by atoms with van der Waals surface area (Å²) in [5, 5.41) is 2.98. The zero-order valence-corrected chi connectivity index (χ0v) is 15.0. The van der Waals surface area contributed by atoms with Crippen molar-refractivity contribution in [3.05, 3.63) is 47.5 Å². The zero-order valence-electron chi connectivity index (χ0n) is 14.1. The number of aromatic nitrogens is 2. The van der Waals surface area contributed by atoms with Gasteiger partial charge in [0, 0.05) is 17.7 Å². The molecule has 5 heteroatoms. The summed E-state index contributed by atoms with van der Waals surface area (Å²) in [6, 6.07) is 12.2. The summed E-state index contributed by atoms with van der Waals surface area (Å²) in [7, 11) is 0. The number of aromatic amines is 1. The zero-order chi connectivity index (χ0) is 16.4. The number of carbonyl (C=O) groups is 1. The van der Waals surface area contributed by atoms with E-state index in [-0.39, 0.29) is 18.3 Å². The number of nitrogens with one attached hydrogen (secondary N) is 2. The number of benzene rings is 2. The average molecular weight is 344 g/mol. The fourth-order valence-corrected chi connectivity index (χ4v) is 2.60. The first-order chi connectivity index (χ1) is 11.1. The standard InChI is InChI=1S/C19H21N3O.ClH/c1-4-5-18(23)20-16-11-14(8-7-13(16)3)19-21-15-9-6-12(2)10-17(15)22-19;/h6-11H,4-5H2,1-3H3,(H,20,23)(H,21,22);1H. The van der Waals surface area contributed by atoms with Gasteiger partial charge in [0.05, 0.1) is 11.0 Å². The van der Waals surface area contributed by atoms with Crippen molar-refractivity contribution in [1.29, 1.82) is 0 Å². The molecular weight excluding hydrogens is 322 g/mol. The van der Waals surface area contributed by atoms with Crippen molar-refractivity contribution in [1.82, 2.24) is 9.97 Å². The number of amides is 1. The fraction of sp³-hybridized carbons (Fsp3) is 0.263. The number of nitrogens with zero attached hydrogens (tertiary/aromatic N) is 1. The highest BCUT2D eigenvalue weighted by Crippen LogP contribution is 2.26. The number of halogens is 1. The van der Waals surface area contributed by atoms with Crippen molar-refractivity contribution in [2.75, 3.05) is 5.32 Å². The number of anilines is 1. The maximum atomic E-state index is 11.9. The lowest BCUT2D eigenvalue weighted by Gasteiger charge is -2.09. The van der Waals surface area contributed by atoms with Gasteiger partial charge >= 0.3 is 0 Å². The van der Waals surface area contributed by atoms with Gasteiger partial charge in [-0.1, -0.05) is 25.1 Å². The minimum atomic E-state index is 0. The molecule has 0 radical (unpaired) electrons. The Bertz CT molecular complexity index is 870. The van der Waals surface area contributed by atoms with Crippen LogP contribution >= 0.6 is 12.4 Å². The molecule has 0 saturated heterocycles. The molecule has 1 amide bonds. The van der Waals surface area contributed by atoms with Crippen molar-refractivity contribution in [3.8, 4) is 11.4 Å². The van der Waals surface area contributed by atoms with Gasteiger partial charge in [-0.2, -0.15) is 0 Å². The van der Waals surface area contributed by atoms with Gasteiger partial charge in [-0.25, -0.2) is 4.98 Å². The monoisotopic (exact) mass is 343 g/mol. The van der Waals surface area contributed by atoms with E-state index < -0.39 is 0 Å². The maximum Gasteiger partial charge on any atom is 0.224 e. The van der Waals surface area contributed by atoms with Gasteiger partial charge in [0.2, 0.25) is 5.91 Å². The minimum absolute atomic E-state index is 0. The molecule has 2 N–H and O–H groups in total. The topological polar surface area (TPSA) is 57.8 Å². The molecule has 2 aromatic carbocycles. The van der Waals surface area contributed by atoms with Crippen LogP contribution in [-0.2, 0) is 4.79 Å². The maximum absolute atomic E-state index is 11.9. The first kappa shape index (κ1) is 18.0. The Kier molecular flexibility index (Phi) is 5.62. The van der Waals surface area contributed by atoms with Gasteiger partial charge in [0.25, 0.3) is 0 Å². The Morgan fingerprint density at radius 2 is 1.96 bits per heavy atom. The predicted molar refractivity (Wildman–Crippen MR) is 102 cm³/mol.